The van der Waals surface area contributed by atoms with Crippen LogP contribution >= 0.6 is 0 Å². The molecule has 2 aromatic rings. The monoisotopic (exact) mass is 449 g/mol. The summed E-state index contributed by atoms with van der Waals surface area (Å²) >= 11 is 0. The van der Waals surface area contributed by atoms with Crippen LogP contribution in [0.3, 0.4) is 0 Å². The van der Waals surface area contributed by atoms with Crippen LogP contribution in [0.2, 0.25) is 0 Å². The molecule has 33 heavy (non-hydrogen) atoms. The molecule has 2 saturated heterocycles. The van der Waals surface area contributed by atoms with Crippen molar-refractivity contribution in [2.24, 2.45) is 0 Å². The summed E-state index contributed by atoms with van der Waals surface area (Å²) in [6, 6.07) is 17.7. The van der Waals surface area contributed by atoms with Crippen LogP contribution in [-0.4, -0.2) is 74.0 Å². The van der Waals surface area contributed by atoms with Crippen LogP contribution in [0.4, 0.5) is 5.69 Å². The number of benzene rings is 2. The SMILES string of the molecule is COCCN1C(=O)CC(CC(=O)N2CCN(c3ccccc3)CC2)(c2ccccc2C)C1=O. The van der Waals surface area contributed by atoms with E-state index in [0.717, 1.165) is 29.9 Å². The first-order valence-electron chi connectivity index (χ1n) is 11.4. The molecular weight excluding hydrogens is 418 g/mol. The Kier molecular flexibility index (Phi) is 6.79. The van der Waals surface area contributed by atoms with Gasteiger partial charge in [0, 0.05) is 51.8 Å². The molecule has 4 rings (SSSR count). The molecule has 2 aliphatic rings. The van der Waals surface area contributed by atoms with E-state index in [2.05, 4.69) is 17.0 Å². The Morgan fingerprint density at radius 3 is 2.30 bits per heavy atom. The van der Waals surface area contributed by atoms with Gasteiger partial charge in [0.15, 0.2) is 0 Å². The summed E-state index contributed by atoms with van der Waals surface area (Å²) in [5.74, 6) is -0.627. The van der Waals surface area contributed by atoms with Gasteiger partial charge in [0.25, 0.3) is 0 Å². The van der Waals surface area contributed by atoms with Crippen molar-refractivity contribution in [3.63, 3.8) is 0 Å². The van der Waals surface area contributed by atoms with Crippen molar-refractivity contribution in [1.29, 1.82) is 0 Å². The number of carbonyl (C=O) groups excluding carboxylic acids is 3. The summed E-state index contributed by atoms with van der Waals surface area (Å²) in [6.45, 7) is 5.05. The molecule has 2 heterocycles. The van der Waals surface area contributed by atoms with E-state index in [9.17, 15) is 14.4 Å². The van der Waals surface area contributed by atoms with Crippen molar-refractivity contribution in [3.05, 3.63) is 65.7 Å². The van der Waals surface area contributed by atoms with E-state index in [1.54, 1.807) is 0 Å². The lowest BCUT2D eigenvalue weighted by molar-refractivity contribution is -0.143. The Morgan fingerprint density at radius 2 is 1.64 bits per heavy atom. The van der Waals surface area contributed by atoms with Gasteiger partial charge in [0.2, 0.25) is 17.7 Å². The highest BCUT2D eigenvalue weighted by atomic mass is 16.5. The van der Waals surface area contributed by atoms with Gasteiger partial charge in [0.1, 0.15) is 0 Å². The average Bonchev–Trinajstić information content (AvgIpc) is 3.07. The third kappa shape index (κ3) is 4.50. The van der Waals surface area contributed by atoms with Crippen molar-refractivity contribution in [1.82, 2.24) is 9.80 Å². The molecule has 7 nitrogen and oxygen atoms in total. The minimum absolute atomic E-state index is 0.00273. The summed E-state index contributed by atoms with van der Waals surface area (Å²) < 4.78 is 5.09. The number of nitrogens with zero attached hydrogens (tertiary/aromatic N) is 3. The lowest BCUT2D eigenvalue weighted by Crippen LogP contribution is -2.51. The molecule has 2 aromatic carbocycles. The standard InChI is InChI=1S/C26H31N3O4/c1-20-8-6-7-11-22(20)26(19-24(31)29(25(26)32)16-17-33-2)18-23(30)28-14-12-27(13-15-28)21-9-4-3-5-10-21/h3-11H,12-19H2,1-2H3. The first-order chi connectivity index (χ1) is 16.0. The van der Waals surface area contributed by atoms with Crippen molar-refractivity contribution < 1.29 is 19.1 Å². The van der Waals surface area contributed by atoms with Crippen molar-refractivity contribution in [2.75, 3.05) is 51.3 Å². The quantitative estimate of drug-likeness (QED) is 0.607. The predicted molar refractivity (Wildman–Crippen MR) is 126 cm³/mol. The maximum absolute atomic E-state index is 13.6. The molecule has 0 bridgehead atoms. The smallest absolute Gasteiger partial charge is 0.240 e. The number of likely N-dealkylation sites (tertiary alicyclic amines) is 1. The van der Waals surface area contributed by atoms with E-state index in [1.807, 2.05) is 54.3 Å². The van der Waals surface area contributed by atoms with Crippen LogP contribution in [-0.2, 0) is 24.5 Å². The van der Waals surface area contributed by atoms with Gasteiger partial charge in [-0.2, -0.15) is 0 Å². The van der Waals surface area contributed by atoms with Crippen LogP contribution < -0.4 is 4.90 Å². The Bertz CT molecular complexity index is 1020. The third-order valence-electron chi connectivity index (χ3n) is 6.79. The van der Waals surface area contributed by atoms with Crippen LogP contribution in [0.5, 0.6) is 0 Å². The average molecular weight is 450 g/mol. The van der Waals surface area contributed by atoms with E-state index in [4.69, 9.17) is 4.74 Å². The van der Waals surface area contributed by atoms with Gasteiger partial charge in [-0.25, -0.2) is 0 Å². The van der Waals surface area contributed by atoms with E-state index in [-0.39, 0.29) is 43.7 Å². The fourth-order valence-electron chi connectivity index (χ4n) is 4.99. The van der Waals surface area contributed by atoms with Gasteiger partial charge in [-0.3, -0.25) is 19.3 Å². The molecule has 0 radical (unpaired) electrons. The molecule has 1 atom stereocenters. The molecule has 0 aromatic heterocycles. The summed E-state index contributed by atoms with van der Waals surface area (Å²) in [6.07, 6.45) is 0.00731. The topological polar surface area (TPSA) is 70.2 Å². The second-order valence-electron chi connectivity index (χ2n) is 8.80. The number of imide groups is 1. The number of hydrogen-bond donors (Lipinski definition) is 0. The first kappa shape index (κ1) is 23.0. The van der Waals surface area contributed by atoms with Gasteiger partial charge in [-0.1, -0.05) is 42.5 Å². The Balaban J connectivity index is 1.54. The molecule has 0 spiro atoms. The van der Waals surface area contributed by atoms with Crippen molar-refractivity contribution in [2.45, 2.75) is 25.2 Å². The van der Waals surface area contributed by atoms with E-state index >= 15 is 0 Å². The molecule has 0 N–H and O–H groups in total. The van der Waals surface area contributed by atoms with Gasteiger partial charge in [-0.15, -0.1) is 0 Å². The number of ether oxygens (including phenoxy) is 1. The lowest BCUT2D eigenvalue weighted by atomic mass is 9.74. The molecular formula is C26H31N3O4. The maximum Gasteiger partial charge on any atom is 0.240 e. The van der Waals surface area contributed by atoms with Crippen LogP contribution in [0.25, 0.3) is 0 Å². The second kappa shape index (κ2) is 9.75. The first-order valence-corrected chi connectivity index (χ1v) is 11.4. The van der Waals surface area contributed by atoms with Crippen molar-refractivity contribution >= 4 is 23.4 Å². The summed E-state index contributed by atoms with van der Waals surface area (Å²) in [5.41, 5.74) is 1.66. The van der Waals surface area contributed by atoms with Crippen LogP contribution in [0.15, 0.2) is 54.6 Å². The molecule has 174 valence electrons. The zero-order chi connectivity index (χ0) is 23.4. The number of methoxy groups -OCH3 is 1. The number of carbonyl (C=O) groups is 3. The summed E-state index contributed by atoms with van der Waals surface area (Å²) in [7, 11) is 1.54. The van der Waals surface area contributed by atoms with Crippen LogP contribution in [0.1, 0.15) is 24.0 Å². The largest absolute Gasteiger partial charge is 0.383 e. The highest BCUT2D eigenvalue weighted by molar-refractivity contribution is 6.11. The predicted octanol–water partition coefficient (Wildman–Crippen LogP) is 2.38. The Labute approximate surface area is 194 Å². The molecule has 2 aliphatic heterocycles. The molecule has 0 aliphatic carbocycles. The maximum atomic E-state index is 13.6. The summed E-state index contributed by atoms with van der Waals surface area (Å²) in [4.78, 5) is 45.3. The van der Waals surface area contributed by atoms with E-state index in [1.165, 1.54) is 12.0 Å². The lowest BCUT2D eigenvalue weighted by Gasteiger charge is -2.38. The molecule has 1 unspecified atom stereocenters. The molecule has 3 amide bonds. The fourth-order valence-corrected chi connectivity index (χ4v) is 4.99. The summed E-state index contributed by atoms with van der Waals surface area (Å²) in [5, 5.41) is 0. The number of aryl methyl sites for hydroxylation is 1. The van der Waals surface area contributed by atoms with Gasteiger partial charge in [-0.05, 0) is 30.2 Å². The van der Waals surface area contributed by atoms with Gasteiger partial charge in [0.05, 0.1) is 18.6 Å². The number of rotatable bonds is 7. The number of para-hydroxylation sites is 1. The number of anilines is 1. The Morgan fingerprint density at radius 1 is 0.970 bits per heavy atom. The normalized spacial score (nSPS) is 21.1. The fraction of sp³-hybridized carbons (Fsp3) is 0.423. The zero-order valence-corrected chi connectivity index (χ0v) is 19.3. The highest BCUT2D eigenvalue weighted by Crippen LogP contribution is 2.41. The number of piperazine rings is 1. The minimum atomic E-state index is -1.16. The van der Waals surface area contributed by atoms with E-state index in [0.29, 0.717) is 13.1 Å². The van der Waals surface area contributed by atoms with Gasteiger partial charge < -0.3 is 14.5 Å². The number of amides is 3. The molecule has 2 fully saturated rings. The molecule has 0 saturated carbocycles. The Hall–Kier alpha value is -3.19. The van der Waals surface area contributed by atoms with Gasteiger partial charge >= 0.3 is 0 Å². The number of hydrogen-bond acceptors (Lipinski definition) is 5. The minimum Gasteiger partial charge on any atom is -0.383 e. The van der Waals surface area contributed by atoms with Crippen molar-refractivity contribution in [3.8, 4) is 0 Å². The second-order valence-corrected chi connectivity index (χ2v) is 8.80. The molecule has 7 heteroatoms. The highest BCUT2D eigenvalue weighted by Gasteiger charge is 2.54. The third-order valence-corrected chi connectivity index (χ3v) is 6.79. The zero-order valence-electron chi connectivity index (χ0n) is 19.3. The van der Waals surface area contributed by atoms with Crippen LogP contribution in [0, 0.1) is 6.92 Å². The van der Waals surface area contributed by atoms with E-state index < -0.39 is 5.41 Å².